The zero-order chi connectivity index (χ0) is 16.7. The van der Waals surface area contributed by atoms with Crippen molar-refractivity contribution in [1.82, 2.24) is 0 Å². The highest BCUT2D eigenvalue weighted by atomic mass is 32.2. The van der Waals surface area contributed by atoms with Crippen molar-refractivity contribution in [2.75, 3.05) is 6.26 Å². The number of fused-ring (bicyclic) bond motifs is 1. The van der Waals surface area contributed by atoms with E-state index in [4.69, 9.17) is 9.84 Å². The van der Waals surface area contributed by atoms with Crippen molar-refractivity contribution < 1.29 is 41.0 Å². The Kier molecular flexibility index (Phi) is 3.81. The monoisotopic (exact) mass is 338 g/mol. The lowest BCUT2D eigenvalue weighted by Crippen LogP contribution is -2.39. The Hall–Kier alpha value is -2.23. The molecule has 1 atom stereocenters. The van der Waals surface area contributed by atoms with Crippen molar-refractivity contribution in [2.45, 2.75) is 17.2 Å². The molecule has 1 heterocycles. The van der Waals surface area contributed by atoms with Crippen molar-refractivity contribution in [1.29, 1.82) is 0 Å². The average molecular weight is 338 g/mol. The van der Waals surface area contributed by atoms with Gasteiger partial charge in [-0.15, -0.1) is 0 Å². The first kappa shape index (κ1) is 16.1. The first-order chi connectivity index (χ1) is 9.98. The number of carbonyl (C=O) groups is 1. The fourth-order valence-electron chi connectivity index (χ4n) is 1.80. The number of halogens is 3. The van der Waals surface area contributed by atoms with E-state index in [2.05, 4.69) is 4.74 Å². The molecule has 0 aromatic heterocycles. The van der Waals surface area contributed by atoms with Crippen LogP contribution < -0.4 is 4.74 Å². The molecule has 1 aliphatic rings. The predicted octanol–water partition coefficient (Wildman–Crippen LogP) is 2.45. The minimum atomic E-state index is -4.89. The maximum atomic E-state index is 12.9. The van der Waals surface area contributed by atoms with Crippen molar-refractivity contribution in [3.05, 3.63) is 29.5 Å². The molecule has 1 N–H and O–H groups in total. The van der Waals surface area contributed by atoms with E-state index in [0.29, 0.717) is 0 Å². The van der Waals surface area contributed by atoms with Crippen molar-refractivity contribution in [3.8, 4) is 5.75 Å². The molecule has 2 rings (SSSR count). The van der Waals surface area contributed by atoms with Crippen LogP contribution in [0.5, 0.6) is 5.75 Å². The van der Waals surface area contributed by atoms with Crippen LogP contribution in [0, 0.1) is 0 Å². The second kappa shape index (κ2) is 5.20. The molecule has 22 heavy (non-hydrogen) atoms. The lowest BCUT2D eigenvalue weighted by Gasteiger charge is -2.27. The SMILES string of the molecule is CS(=O)(=O)c1ccc2c(c1)C=C(OC(=O)O)C(C(F)(F)F)O2. The highest BCUT2D eigenvalue weighted by molar-refractivity contribution is 7.90. The van der Waals surface area contributed by atoms with Gasteiger partial charge in [-0.05, 0) is 24.3 Å². The summed E-state index contributed by atoms with van der Waals surface area (Å²) in [5.41, 5.74) is -0.0281. The number of ether oxygens (including phenoxy) is 2. The molecule has 0 bridgehead atoms. The van der Waals surface area contributed by atoms with Gasteiger partial charge < -0.3 is 14.6 Å². The Morgan fingerprint density at radius 2 is 2.00 bits per heavy atom. The third-order valence-electron chi connectivity index (χ3n) is 2.71. The molecule has 0 saturated heterocycles. The summed E-state index contributed by atoms with van der Waals surface area (Å²) in [6.07, 6.45) is -7.70. The molecule has 0 saturated carbocycles. The fourth-order valence-corrected chi connectivity index (χ4v) is 2.46. The maximum absolute atomic E-state index is 12.9. The number of carboxylic acid groups (broad SMARTS) is 1. The Morgan fingerprint density at radius 1 is 1.36 bits per heavy atom. The Balaban J connectivity index is 2.54. The summed E-state index contributed by atoms with van der Waals surface area (Å²) in [5.74, 6) is -1.22. The molecule has 0 amide bonds. The number of sulfone groups is 1. The summed E-state index contributed by atoms with van der Waals surface area (Å²) >= 11 is 0. The molecule has 0 radical (unpaired) electrons. The highest BCUT2D eigenvalue weighted by Gasteiger charge is 2.48. The summed E-state index contributed by atoms with van der Waals surface area (Å²) in [7, 11) is -3.58. The highest BCUT2D eigenvalue weighted by Crippen LogP contribution is 2.38. The van der Waals surface area contributed by atoms with Gasteiger partial charge in [0.15, 0.2) is 15.6 Å². The molecule has 6 nitrogen and oxygen atoms in total. The van der Waals surface area contributed by atoms with Crippen LogP contribution in [0.15, 0.2) is 28.9 Å². The minimum Gasteiger partial charge on any atom is -0.472 e. The molecule has 0 spiro atoms. The number of benzene rings is 1. The van der Waals surface area contributed by atoms with Gasteiger partial charge in [0.25, 0.3) is 6.10 Å². The van der Waals surface area contributed by atoms with Crippen molar-refractivity contribution in [2.24, 2.45) is 0 Å². The molecule has 0 fully saturated rings. The number of hydrogen-bond acceptors (Lipinski definition) is 5. The topological polar surface area (TPSA) is 89.9 Å². The number of rotatable bonds is 2. The lowest BCUT2D eigenvalue weighted by molar-refractivity contribution is -0.191. The molecule has 10 heteroatoms. The van der Waals surface area contributed by atoms with Gasteiger partial charge in [-0.25, -0.2) is 13.2 Å². The quantitative estimate of drug-likeness (QED) is 0.833. The van der Waals surface area contributed by atoms with Gasteiger partial charge in [0, 0.05) is 11.8 Å². The average Bonchev–Trinajstić information content (AvgIpc) is 2.34. The summed E-state index contributed by atoms with van der Waals surface area (Å²) in [5, 5.41) is 8.50. The van der Waals surface area contributed by atoms with E-state index < -0.39 is 34.0 Å². The van der Waals surface area contributed by atoms with Gasteiger partial charge in [0.05, 0.1) is 4.90 Å². The van der Waals surface area contributed by atoms with Crippen LogP contribution >= 0.6 is 0 Å². The fraction of sp³-hybridized carbons (Fsp3) is 0.250. The summed E-state index contributed by atoms with van der Waals surface area (Å²) in [4.78, 5) is 10.3. The third kappa shape index (κ3) is 3.32. The zero-order valence-corrected chi connectivity index (χ0v) is 11.7. The summed E-state index contributed by atoms with van der Waals surface area (Å²) < 4.78 is 70.3. The Morgan fingerprint density at radius 3 is 2.50 bits per heavy atom. The standard InChI is InChI=1S/C12H9F3O6S/c1-22(18,19)7-2-3-8-6(4-7)5-9(21-11(16)17)10(20-8)12(13,14)15/h2-5,10H,1H3,(H,16,17). The third-order valence-corrected chi connectivity index (χ3v) is 3.82. The van der Waals surface area contributed by atoms with E-state index in [-0.39, 0.29) is 16.2 Å². The summed E-state index contributed by atoms with van der Waals surface area (Å²) in [6.45, 7) is 0. The second-order valence-electron chi connectivity index (χ2n) is 4.43. The van der Waals surface area contributed by atoms with Crippen LogP contribution in [0.4, 0.5) is 18.0 Å². The van der Waals surface area contributed by atoms with Gasteiger partial charge in [-0.3, -0.25) is 0 Å². The Bertz CT molecular complexity index is 751. The van der Waals surface area contributed by atoms with E-state index >= 15 is 0 Å². The van der Waals surface area contributed by atoms with Crippen LogP contribution in [0.2, 0.25) is 0 Å². The first-order valence-corrected chi connectivity index (χ1v) is 7.57. The molecule has 1 unspecified atom stereocenters. The smallest absolute Gasteiger partial charge is 0.472 e. The van der Waals surface area contributed by atoms with Crippen LogP contribution in [0.1, 0.15) is 5.56 Å². The molecule has 0 aliphatic carbocycles. The molecule has 1 aromatic rings. The van der Waals surface area contributed by atoms with Gasteiger partial charge in [0.1, 0.15) is 5.75 Å². The molecular weight excluding hydrogens is 329 g/mol. The largest absolute Gasteiger partial charge is 0.511 e. The van der Waals surface area contributed by atoms with Crippen LogP contribution in [0.3, 0.4) is 0 Å². The van der Waals surface area contributed by atoms with Gasteiger partial charge >= 0.3 is 12.3 Å². The zero-order valence-electron chi connectivity index (χ0n) is 10.9. The maximum Gasteiger partial charge on any atom is 0.511 e. The molecular formula is C12H9F3O6S. The minimum absolute atomic E-state index is 0.0281. The van der Waals surface area contributed by atoms with E-state index in [1.807, 2.05) is 0 Å². The first-order valence-electron chi connectivity index (χ1n) is 5.68. The van der Waals surface area contributed by atoms with Gasteiger partial charge in [-0.1, -0.05) is 0 Å². The summed E-state index contributed by atoms with van der Waals surface area (Å²) in [6, 6.07) is 3.24. The van der Waals surface area contributed by atoms with Crippen molar-refractivity contribution >= 4 is 22.1 Å². The molecule has 1 aliphatic heterocycles. The molecule has 120 valence electrons. The predicted molar refractivity (Wildman–Crippen MR) is 67.1 cm³/mol. The second-order valence-corrected chi connectivity index (χ2v) is 6.44. The Labute approximate surface area is 122 Å². The van der Waals surface area contributed by atoms with E-state index in [1.165, 1.54) is 0 Å². The van der Waals surface area contributed by atoms with Crippen LogP contribution in [0.25, 0.3) is 6.08 Å². The van der Waals surface area contributed by atoms with E-state index in [1.54, 1.807) is 0 Å². The van der Waals surface area contributed by atoms with E-state index in [9.17, 15) is 26.4 Å². The number of hydrogen-bond donors (Lipinski definition) is 1. The normalized spacial score (nSPS) is 18.0. The van der Waals surface area contributed by atoms with Crippen molar-refractivity contribution in [3.63, 3.8) is 0 Å². The number of alkyl halides is 3. The van der Waals surface area contributed by atoms with Gasteiger partial charge in [0.2, 0.25) is 0 Å². The molecule has 1 aromatic carbocycles. The lowest BCUT2D eigenvalue weighted by atomic mass is 10.1. The van der Waals surface area contributed by atoms with Crippen LogP contribution in [-0.2, 0) is 14.6 Å². The van der Waals surface area contributed by atoms with Gasteiger partial charge in [-0.2, -0.15) is 13.2 Å². The van der Waals surface area contributed by atoms with Crippen LogP contribution in [-0.4, -0.2) is 38.2 Å². The van der Waals surface area contributed by atoms with E-state index in [0.717, 1.165) is 30.5 Å².